The SMILES string of the molecule is O=C(NC1COC2C(NC(=O)C3CCCCC3)COC12)c1cccc(Oc2ccccc2)c1. The Hall–Kier alpha value is -2.90. The molecule has 3 fully saturated rings. The number of rotatable bonds is 6. The number of benzene rings is 2. The van der Waals surface area contributed by atoms with Crippen LogP contribution in [0.5, 0.6) is 11.5 Å². The Labute approximate surface area is 193 Å². The van der Waals surface area contributed by atoms with Crippen LogP contribution in [0.25, 0.3) is 0 Å². The van der Waals surface area contributed by atoms with Gasteiger partial charge < -0.3 is 24.8 Å². The lowest BCUT2D eigenvalue weighted by atomic mass is 9.88. The molecule has 4 atom stereocenters. The summed E-state index contributed by atoms with van der Waals surface area (Å²) in [6.07, 6.45) is 4.86. The van der Waals surface area contributed by atoms with Crippen molar-refractivity contribution in [3.8, 4) is 11.5 Å². The lowest BCUT2D eigenvalue weighted by Gasteiger charge is -2.24. The molecular formula is C26H30N2O5. The van der Waals surface area contributed by atoms with E-state index in [1.807, 2.05) is 36.4 Å². The summed E-state index contributed by atoms with van der Waals surface area (Å²) in [5.41, 5.74) is 0.507. The van der Waals surface area contributed by atoms with E-state index in [9.17, 15) is 9.59 Å². The van der Waals surface area contributed by atoms with Gasteiger partial charge in [-0.1, -0.05) is 43.5 Å². The van der Waals surface area contributed by atoms with Crippen LogP contribution in [0.15, 0.2) is 54.6 Å². The molecule has 0 radical (unpaired) electrons. The quantitative estimate of drug-likeness (QED) is 0.704. The highest BCUT2D eigenvalue weighted by Gasteiger charge is 2.49. The number of hydrogen-bond acceptors (Lipinski definition) is 5. The summed E-state index contributed by atoms with van der Waals surface area (Å²) in [6, 6.07) is 16.1. The van der Waals surface area contributed by atoms with Gasteiger partial charge in [-0.3, -0.25) is 9.59 Å². The van der Waals surface area contributed by atoms with Crippen LogP contribution in [0.2, 0.25) is 0 Å². The maximum absolute atomic E-state index is 12.9. The highest BCUT2D eigenvalue weighted by atomic mass is 16.6. The smallest absolute Gasteiger partial charge is 0.251 e. The molecule has 1 saturated carbocycles. The molecule has 5 rings (SSSR count). The van der Waals surface area contributed by atoms with Crippen molar-refractivity contribution in [1.82, 2.24) is 10.6 Å². The average molecular weight is 451 g/mol. The van der Waals surface area contributed by atoms with E-state index in [0.29, 0.717) is 30.3 Å². The lowest BCUT2D eigenvalue weighted by molar-refractivity contribution is -0.127. The van der Waals surface area contributed by atoms with Crippen LogP contribution < -0.4 is 15.4 Å². The monoisotopic (exact) mass is 450 g/mol. The number of nitrogens with one attached hydrogen (secondary N) is 2. The first-order valence-electron chi connectivity index (χ1n) is 11.8. The van der Waals surface area contributed by atoms with Gasteiger partial charge in [-0.15, -0.1) is 0 Å². The summed E-state index contributed by atoms with van der Waals surface area (Å²) in [5, 5.41) is 6.18. The first kappa shape index (κ1) is 21.9. The number of fused-ring (bicyclic) bond motifs is 1. The predicted molar refractivity (Wildman–Crippen MR) is 122 cm³/mol. The van der Waals surface area contributed by atoms with Gasteiger partial charge in [0, 0.05) is 11.5 Å². The zero-order chi connectivity index (χ0) is 22.6. The summed E-state index contributed by atoms with van der Waals surface area (Å²) in [4.78, 5) is 25.6. The van der Waals surface area contributed by atoms with Crippen LogP contribution in [0.3, 0.4) is 0 Å². The fourth-order valence-electron chi connectivity index (χ4n) is 4.99. The molecule has 1 aliphatic carbocycles. The van der Waals surface area contributed by atoms with E-state index in [4.69, 9.17) is 14.2 Å². The molecule has 2 amide bonds. The molecule has 2 N–H and O–H groups in total. The fraction of sp³-hybridized carbons (Fsp3) is 0.462. The van der Waals surface area contributed by atoms with Crippen LogP contribution in [-0.2, 0) is 14.3 Å². The van der Waals surface area contributed by atoms with E-state index < -0.39 is 0 Å². The maximum Gasteiger partial charge on any atom is 0.251 e. The van der Waals surface area contributed by atoms with Crippen molar-refractivity contribution >= 4 is 11.8 Å². The number of ether oxygens (including phenoxy) is 3. The summed E-state index contributed by atoms with van der Waals surface area (Å²) >= 11 is 0. The molecule has 7 heteroatoms. The van der Waals surface area contributed by atoms with Crippen molar-refractivity contribution in [2.24, 2.45) is 5.92 Å². The summed E-state index contributed by atoms with van der Waals surface area (Å²) in [5.74, 6) is 1.30. The highest BCUT2D eigenvalue weighted by Crippen LogP contribution is 2.29. The number of carbonyl (C=O) groups is 2. The molecule has 4 unspecified atom stereocenters. The van der Waals surface area contributed by atoms with Crippen molar-refractivity contribution in [2.45, 2.75) is 56.4 Å². The summed E-state index contributed by atoms with van der Waals surface area (Å²) in [6.45, 7) is 0.762. The lowest BCUT2D eigenvalue weighted by Crippen LogP contribution is -2.48. The Kier molecular flexibility index (Phi) is 6.60. The Morgan fingerprint density at radius 3 is 2.18 bits per heavy atom. The van der Waals surface area contributed by atoms with Crippen molar-refractivity contribution in [3.05, 3.63) is 60.2 Å². The topological polar surface area (TPSA) is 85.9 Å². The number of amides is 2. The van der Waals surface area contributed by atoms with E-state index in [1.54, 1.807) is 18.2 Å². The van der Waals surface area contributed by atoms with E-state index in [2.05, 4.69) is 10.6 Å². The van der Waals surface area contributed by atoms with E-state index in [1.165, 1.54) is 6.42 Å². The van der Waals surface area contributed by atoms with Crippen molar-refractivity contribution in [1.29, 1.82) is 0 Å². The predicted octanol–water partition coefficient (Wildman–Crippen LogP) is 3.44. The van der Waals surface area contributed by atoms with Gasteiger partial charge in [-0.2, -0.15) is 0 Å². The highest BCUT2D eigenvalue weighted by molar-refractivity contribution is 5.94. The van der Waals surface area contributed by atoms with Crippen LogP contribution in [0, 0.1) is 5.92 Å². The maximum atomic E-state index is 12.9. The molecule has 2 saturated heterocycles. The van der Waals surface area contributed by atoms with Crippen molar-refractivity contribution < 1.29 is 23.8 Å². The van der Waals surface area contributed by atoms with E-state index in [-0.39, 0.29) is 42.0 Å². The third kappa shape index (κ3) is 5.04. The molecular weight excluding hydrogens is 420 g/mol. The number of hydrogen-bond donors (Lipinski definition) is 2. The molecule has 2 aliphatic heterocycles. The Morgan fingerprint density at radius 1 is 0.788 bits per heavy atom. The first-order chi connectivity index (χ1) is 16.2. The minimum Gasteiger partial charge on any atom is -0.457 e. The van der Waals surface area contributed by atoms with Gasteiger partial charge in [0.15, 0.2) is 0 Å². The van der Waals surface area contributed by atoms with Gasteiger partial charge in [-0.25, -0.2) is 0 Å². The summed E-state index contributed by atoms with van der Waals surface area (Å²) in [7, 11) is 0. The summed E-state index contributed by atoms with van der Waals surface area (Å²) < 4.78 is 17.7. The minimum atomic E-state index is -0.269. The number of para-hydroxylation sites is 1. The van der Waals surface area contributed by atoms with Gasteiger partial charge >= 0.3 is 0 Å². The van der Waals surface area contributed by atoms with Gasteiger partial charge in [0.05, 0.1) is 25.3 Å². The second kappa shape index (κ2) is 9.93. The van der Waals surface area contributed by atoms with Crippen LogP contribution in [0.1, 0.15) is 42.5 Å². The third-order valence-electron chi connectivity index (χ3n) is 6.75. The van der Waals surface area contributed by atoms with E-state index in [0.717, 1.165) is 25.7 Å². The largest absolute Gasteiger partial charge is 0.457 e. The third-order valence-corrected chi connectivity index (χ3v) is 6.75. The minimum absolute atomic E-state index is 0.0973. The molecule has 0 spiro atoms. The molecule has 0 aromatic heterocycles. The molecule has 33 heavy (non-hydrogen) atoms. The van der Waals surface area contributed by atoms with Crippen LogP contribution in [0.4, 0.5) is 0 Å². The molecule has 2 aromatic rings. The normalized spacial score (nSPS) is 27.0. The van der Waals surface area contributed by atoms with Crippen LogP contribution in [-0.4, -0.2) is 49.3 Å². The van der Waals surface area contributed by atoms with Crippen molar-refractivity contribution in [3.63, 3.8) is 0 Å². The second-order valence-corrected chi connectivity index (χ2v) is 9.07. The number of carbonyl (C=O) groups excluding carboxylic acids is 2. The van der Waals surface area contributed by atoms with Crippen molar-refractivity contribution in [2.75, 3.05) is 13.2 Å². The molecule has 3 aliphatic rings. The molecule has 174 valence electrons. The molecule has 0 bridgehead atoms. The van der Waals surface area contributed by atoms with Gasteiger partial charge in [0.1, 0.15) is 23.7 Å². The fourth-order valence-corrected chi connectivity index (χ4v) is 4.99. The zero-order valence-electron chi connectivity index (χ0n) is 18.6. The zero-order valence-corrected chi connectivity index (χ0v) is 18.6. The Morgan fingerprint density at radius 2 is 1.45 bits per heavy atom. The molecule has 2 heterocycles. The Bertz CT molecular complexity index is 976. The van der Waals surface area contributed by atoms with E-state index >= 15 is 0 Å². The van der Waals surface area contributed by atoms with Gasteiger partial charge in [0.2, 0.25) is 5.91 Å². The molecule has 2 aromatic carbocycles. The second-order valence-electron chi connectivity index (χ2n) is 9.07. The van der Waals surface area contributed by atoms with Gasteiger partial charge in [-0.05, 0) is 43.2 Å². The Balaban J connectivity index is 1.17. The molecule has 7 nitrogen and oxygen atoms in total. The average Bonchev–Trinajstić information content (AvgIpc) is 3.44. The van der Waals surface area contributed by atoms with Gasteiger partial charge in [0.25, 0.3) is 5.91 Å². The van der Waals surface area contributed by atoms with Crippen LogP contribution >= 0.6 is 0 Å². The standard InChI is InChI=1S/C26H30N2O5/c29-25(17-8-3-1-4-9-17)27-21-15-31-24-22(16-32-23(21)24)28-26(30)18-10-7-13-20(14-18)33-19-11-5-2-6-12-19/h2,5-7,10-14,17,21-24H,1,3-4,8-9,15-16H2,(H,27,29)(H,28,30). The first-order valence-corrected chi connectivity index (χ1v) is 11.8.